The van der Waals surface area contributed by atoms with Gasteiger partial charge in [0.25, 0.3) is 5.56 Å². The number of halogens is 3. The molecule has 2 aromatic carbocycles. The Morgan fingerprint density at radius 1 is 0.952 bits per heavy atom. The average Bonchev–Trinajstić information content (AvgIpc) is 2.45. The van der Waals surface area contributed by atoms with Gasteiger partial charge in [-0.3, -0.25) is 4.79 Å². The van der Waals surface area contributed by atoms with Gasteiger partial charge in [0.05, 0.1) is 5.69 Å². The molecule has 1 heterocycles. The number of nitrogens with zero attached hydrogens (tertiary/aromatic N) is 1. The third-order valence-electron chi connectivity index (χ3n) is 3.06. The molecule has 3 rings (SSSR count). The molecule has 106 valence electrons. The molecule has 0 aliphatic carbocycles. The maximum atomic E-state index is 12.7. The van der Waals surface area contributed by atoms with Gasteiger partial charge in [-0.25, -0.2) is 4.98 Å². The minimum Gasteiger partial charge on any atom is -0.303 e. The second-order valence-corrected chi connectivity index (χ2v) is 4.54. The van der Waals surface area contributed by atoms with Gasteiger partial charge in [0, 0.05) is 11.6 Å². The number of hydrogen-bond acceptors (Lipinski definition) is 2. The topological polar surface area (TPSA) is 45.8 Å². The number of alkyl halides is 3. The first-order chi connectivity index (χ1) is 9.93. The zero-order chi connectivity index (χ0) is 15.0. The molecule has 0 saturated heterocycles. The molecule has 0 amide bonds. The van der Waals surface area contributed by atoms with Gasteiger partial charge in [0.15, 0.2) is 0 Å². The number of aromatic amines is 1. The predicted octanol–water partition coefficient (Wildman–Crippen LogP) is 3.61. The Hall–Kier alpha value is -2.63. The van der Waals surface area contributed by atoms with E-state index in [0.717, 1.165) is 16.8 Å². The number of rotatable bonds is 1. The standard InChI is InChI=1S/C15H9F3N2O/c16-15(17,18)14-19-12(8-13(21)20-14)11-6-5-9-3-1-2-4-10(9)7-11/h1-8H,(H,19,20,21). The van der Waals surface area contributed by atoms with Crippen LogP contribution in [0.15, 0.2) is 53.3 Å². The average molecular weight is 290 g/mol. The van der Waals surface area contributed by atoms with Crippen LogP contribution in [0.4, 0.5) is 13.2 Å². The molecule has 21 heavy (non-hydrogen) atoms. The lowest BCUT2D eigenvalue weighted by molar-refractivity contribution is -0.145. The van der Waals surface area contributed by atoms with Crippen LogP contribution in [0.2, 0.25) is 0 Å². The molecule has 0 aliphatic rings. The third kappa shape index (κ3) is 2.65. The van der Waals surface area contributed by atoms with Crippen molar-refractivity contribution in [1.29, 1.82) is 0 Å². The Bertz CT molecular complexity index is 868. The highest BCUT2D eigenvalue weighted by Gasteiger charge is 2.34. The van der Waals surface area contributed by atoms with Crippen molar-refractivity contribution >= 4 is 10.8 Å². The fourth-order valence-corrected chi connectivity index (χ4v) is 2.09. The fraction of sp³-hybridized carbons (Fsp3) is 0.0667. The SMILES string of the molecule is O=c1cc(-c2ccc3ccccc3c2)nc(C(F)(F)F)[nH]1. The summed E-state index contributed by atoms with van der Waals surface area (Å²) in [6.07, 6.45) is -4.69. The summed E-state index contributed by atoms with van der Waals surface area (Å²) in [6.45, 7) is 0. The van der Waals surface area contributed by atoms with E-state index in [-0.39, 0.29) is 5.69 Å². The minimum absolute atomic E-state index is 0.00294. The zero-order valence-corrected chi connectivity index (χ0v) is 10.6. The highest BCUT2D eigenvalue weighted by molar-refractivity contribution is 5.86. The van der Waals surface area contributed by atoms with E-state index < -0.39 is 17.6 Å². The number of aromatic nitrogens is 2. The summed E-state index contributed by atoms with van der Waals surface area (Å²) in [7, 11) is 0. The van der Waals surface area contributed by atoms with Crippen LogP contribution in [-0.4, -0.2) is 9.97 Å². The van der Waals surface area contributed by atoms with E-state index in [9.17, 15) is 18.0 Å². The zero-order valence-electron chi connectivity index (χ0n) is 10.6. The fourth-order valence-electron chi connectivity index (χ4n) is 2.09. The van der Waals surface area contributed by atoms with Gasteiger partial charge < -0.3 is 4.98 Å². The quantitative estimate of drug-likeness (QED) is 0.744. The molecule has 1 aromatic heterocycles. The van der Waals surface area contributed by atoms with Crippen molar-refractivity contribution < 1.29 is 13.2 Å². The Morgan fingerprint density at radius 3 is 2.38 bits per heavy atom. The summed E-state index contributed by atoms with van der Waals surface area (Å²) in [4.78, 5) is 16.6. The summed E-state index contributed by atoms with van der Waals surface area (Å²) in [5.41, 5.74) is -0.373. The van der Waals surface area contributed by atoms with Crippen LogP contribution in [0.3, 0.4) is 0 Å². The summed E-state index contributed by atoms with van der Waals surface area (Å²) in [6, 6.07) is 13.6. The number of benzene rings is 2. The molecule has 0 bridgehead atoms. The number of fused-ring (bicyclic) bond motifs is 1. The molecule has 3 aromatic rings. The molecule has 0 radical (unpaired) electrons. The molecule has 0 saturated carbocycles. The Morgan fingerprint density at radius 2 is 1.67 bits per heavy atom. The molecular weight excluding hydrogens is 281 g/mol. The summed E-state index contributed by atoms with van der Waals surface area (Å²) >= 11 is 0. The summed E-state index contributed by atoms with van der Waals surface area (Å²) in [5.74, 6) is -1.29. The molecule has 3 nitrogen and oxygen atoms in total. The van der Waals surface area contributed by atoms with Gasteiger partial charge in [-0.15, -0.1) is 0 Å². The van der Waals surface area contributed by atoms with Crippen LogP contribution >= 0.6 is 0 Å². The summed E-state index contributed by atoms with van der Waals surface area (Å²) < 4.78 is 38.1. The second kappa shape index (κ2) is 4.73. The van der Waals surface area contributed by atoms with Crippen molar-refractivity contribution in [3.05, 3.63) is 64.7 Å². The Labute approximate surface area is 117 Å². The van der Waals surface area contributed by atoms with E-state index in [1.54, 1.807) is 23.2 Å². The second-order valence-electron chi connectivity index (χ2n) is 4.54. The van der Waals surface area contributed by atoms with E-state index in [1.807, 2.05) is 24.3 Å². The number of H-pyrrole nitrogens is 1. The first-order valence-corrected chi connectivity index (χ1v) is 6.11. The maximum absolute atomic E-state index is 12.7. The van der Waals surface area contributed by atoms with E-state index in [1.165, 1.54) is 0 Å². The third-order valence-corrected chi connectivity index (χ3v) is 3.06. The monoisotopic (exact) mass is 290 g/mol. The highest BCUT2D eigenvalue weighted by atomic mass is 19.4. The lowest BCUT2D eigenvalue weighted by atomic mass is 10.1. The van der Waals surface area contributed by atoms with Gasteiger partial charge in [0.2, 0.25) is 5.82 Å². The molecule has 1 N–H and O–H groups in total. The van der Waals surface area contributed by atoms with E-state index >= 15 is 0 Å². The number of hydrogen-bond donors (Lipinski definition) is 1. The van der Waals surface area contributed by atoms with Crippen molar-refractivity contribution in [1.82, 2.24) is 9.97 Å². The minimum atomic E-state index is -4.69. The van der Waals surface area contributed by atoms with Crippen LogP contribution in [0.25, 0.3) is 22.0 Å². The number of nitrogens with one attached hydrogen (secondary N) is 1. The van der Waals surface area contributed by atoms with Gasteiger partial charge >= 0.3 is 6.18 Å². The lowest BCUT2D eigenvalue weighted by Gasteiger charge is -2.08. The van der Waals surface area contributed by atoms with Gasteiger partial charge in [-0.1, -0.05) is 36.4 Å². The van der Waals surface area contributed by atoms with Crippen LogP contribution < -0.4 is 5.56 Å². The van der Waals surface area contributed by atoms with E-state index in [4.69, 9.17) is 0 Å². The van der Waals surface area contributed by atoms with Crippen LogP contribution in [0.1, 0.15) is 5.82 Å². The van der Waals surface area contributed by atoms with Crippen LogP contribution in [0, 0.1) is 0 Å². The van der Waals surface area contributed by atoms with Crippen molar-refractivity contribution in [2.45, 2.75) is 6.18 Å². The Balaban J connectivity index is 2.18. The highest BCUT2D eigenvalue weighted by Crippen LogP contribution is 2.28. The molecule has 0 unspecified atom stereocenters. The molecule has 0 fully saturated rings. The molecular formula is C15H9F3N2O. The normalized spacial score (nSPS) is 11.8. The van der Waals surface area contributed by atoms with Gasteiger partial charge in [-0.2, -0.15) is 13.2 Å². The molecule has 0 spiro atoms. The summed E-state index contributed by atoms with van der Waals surface area (Å²) in [5, 5.41) is 1.83. The van der Waals surface area contributed by atoms with Crippen molar-refractivity contribution in [2.24, 2.45) is 0 Å². The van der Waals surface area contributed by atoms with Crippen LogP contribution in [-0.2, 0) is 6.18 Å². The van der Waals surface area contributed by atoms with Crippen molar-refractivity contribution in [2.75, 3.05) is 0 Å². The van der Waals surface area contributed by atoms with Crippen molar-refractivity contribution in [3.8, 4) is 11.3 Å². The predicted molar refractivity (Wildman–Crippen MR) is 72.8 cm³/mol. The van der Waals surface area contributed by atoms with Crippen LogP contribution in [0.5, 0.6) is 0 Å². The largest absolute Gasteiger partial charge is 0.449 e. The van der Waals surface area contributed by atoms with Gasteiger partial charge in [-0.05, 0) is 16.8 Å². The van der Waals surface area contributed by atoms with Gasteiger partial charge in [0.1, 0.15) is 0 Å². The molecule has 6 heteroatoms. The van der Waals surface area contributed by atoms with Crippen molar-refractivity contribution in [3.63, 3.8) is 0 Å². The molecule has 0 aliphatic heterocycles. The lowest BCUT2D eigenvalue weighted by Crippen LogP contribution is -2.18. The first kappa shape index (κ1) is 13.4. The van der Waals surface area contributed by atoms with E-state index in [0.29, 0.717) is 5.56 Å². The first-order valence-electron chi connectivity index (χ1n) is 6.11. The smallest absolute Gasteiger partial charge is 0.303 e. The Kier molecular flexibility index (Phi) is 3.01. The maximum Gasteiger partial charge on any atom is 0.449 e. The van der Waals surface area contributed by atoms with E-state index in [2.05, 4.69) is 4.98 Å². The molecule has 0 atom stereocenters.